The standard InChI is InChI=1S/C21H16Cl2N2O4/c22-15-5-4-14(19(23)9-15)12-29-17-3-1-2-13(8-17)11-24-25-21(28)18-10-16(26)6-7-20(18)27/h1-11,26-27H,12H2,(H,25,28)/b24-11+. The van der Waals surface area contributed by atoms with Crippen LogP contribution < -0.4 is 10.2 Å². The van der Waals surface area contributed by atoms with Crippen molar-refractivity contribution < 1.29 is 19.7 Å². The molecule has 0 saturated carbocycles. The number of nitrogens with one attached hydrogen (secondary N) is 1. The molecule has 148 valence electrons. The highest BCUT2D eigenvalue weighted by atomic mass is 35.5. The number of hydrogen-bond donors (Lipinski definition) is 3. The number of hydrogen-bond acceptors (Lipinski definition) is 5. The Balaban J connectivity index is 1.62. The van der Waals surface area contributed by atoms with E-state index in [0.29, 0.717) is 21.4 Å². The van der Waals surface area contributed by atoms with E-state index in [2.05, 4.69) is 10.5 Å². The maximum Gasteiger partial charge on any atom is 0.275 e. The average Bonchev–Trinajstić information content (AvgIpc) is 2.69. The van der Waals surface area contributed by atoms with Gasteiger partial charge in [-0.3, -0.25) is 4.79 Å². The molecule has 0 aliphatic heterocycles. The van der Waals surface area contributed by atoms with Crippen LogP contribution in [0.25, 0.3) is 0 Å². The lowest BCUT2D eigenvalue weighted by atomic mass is 10.2. The molecule has 0 aliphatic rings. The number of halogens is 2. The molecule has 0 radical (unpaired) electrons. The molecule has 0 atom stereocenters. The number of phenolic OH excluding ortho intramolecular Hbond substituents is 2. The topological polar surface area (TPSA) is 91.2 Å². The summed E-state index contributed by atoms with van der Waals surface area (Å²) in [6, 6.07) is 15.9. The van der Waals surface area contributed by atoms with Gasteiger partial charge in [-0.1, -0.05) is 41.4 Å². The van der Waals surface area contributed by atoms with Gasteiger partial charge >= 0.3 is 0 Å². The zero-order valence-electron chi connectivity index (χ0n) is 15.0. The van der Waals surface area contributed by atoms with Crippen LogP contribution in [-0.2, 0) is 6.61 Å². The van der Waals surface area contributed by atoms with Crippen molar-refractivity contribution in [1.82, 2.24) is 5.43 Å². The molecule has 6 nitrogen and oxygen atoms in total. The van der Waals surface area contributed by atoms with Crippen LogP contribution in [0.1, 0.15) is 21.5 Å². The fourth-order valence-corrected chi connectivity index (χ4v) is 2.88. The van der Waals surface area contributed by atoms with Crippen molar-refractivity contribution in [3.05, 3.63) is 87.4 Å². The zero-order valence-corrected chi connectivity index (χ0v) is 16.5. The summed E-state index contributed by atoms with van der Waals surface area (Å²) in [6.07, 6.45) is 1.43. The number of benzene rings is 3. The Kier molecular flexibility index (Phi) is 6.59. The van der Waals surface area contributed by atoms with Gasteiger partial charge in [-0.05, 0) is 48.0 Å². The lowest BCUT2D eigenvalue weighted by Crippen LogP contribution is -2.17. The monoisotopic (exact) mass is 430 g/mol. The molecule has 0 aliphatic carbocycles. The molecule has 1 amide bonds. The van der Waals surface area contributed by atoms with Gasteiger partial charge in [0.25, 0.3) is 5.91 Å². The maximum atomic E-state index is 12.0. The molecule has 0 spiro atoms. The Morgan fingerprint density at radius 2 is 1.90 bits per heavy atom. The van der Waals surface area contributed by atoms with Crippen LogP contribution >= 0.6 is 23.2 Å². The predicted octanol–water partition coefficient (Wildman–Crippen LogP) is 4.75. The van der Waals surface area contributed by atoms with Crippen molar-refractivity contribution in [3.8, 4) is 17.2 Å². The molecule has 29 heavy (non-hydrogen) atoms. The summed E-state index contributed by atoms with van der Waals surface area (Å²) >= 11 is 12.0. The van der Waals surface area contributed by atoms with Gasteiger partial charge in [-0.25, -0.2) is 5.43 Å². The molecule has 3 aromatic carbocycles. The Morgan fingerprint density at radius 3 is 2.69 bits per heavy atom. The molecule has 3 aromatic rings. The highest BCUT2D eigenvalue weighted by Gasteiger charge is 2.11. The van der Waals surface area contributed by atoms with Crippen molar-refractivity contribution in [1.29, 1.82) is 0 Å². The highest BCUT2D eigenvalue weighted by molar-refractivity contribution is 6.35. The van der Waals surface area contributed by atoms with Crippen molar-refractivity contribution in [2.24, 2.45) is 5.10 Å². The van der Waals surface area contributed by atoms with Crippen molar-refractivity contribution in [3.63, 3.8) is 0 Å². The number of amides is 1. The Labute approximate surface area is 177 Å². The van der Waals surface area contributed by atoms with E-state index in [1.165, 1.54) is 18.3 Å². The van der Waals surface area contributed by atoms with E-state index < -0.39 is 5.91 Å². The second-order valence-corrected chi connectivity index (χ2v) is 6.84. The lowest BCUT2D eigenvalue weighted by molar-refractivity contribution is 0.0952. The van der Waals surface area contributed by atoms with Crippen LogP contribution in [0.2, 0.25) is 10.0 Å². The van der Waals surface area contributed by atoms with E-state index in [1.54, 1.807) is 42.5 Å². The second kappa shape index (κ2) is 9.32. The molecule has 8 heteroatoms. The van der Waals surface area contributed by atoms with E-state index >= 15 is 0 Å². The van der Waals surface area contributed by atoms with Crippen LogP contribution in [0, 0.1) is 0 Å². The predicted molar refractivity (Wildman–Crippen MR) is 112 cm³/mol. The molecular weight excluding hydrogens is 415 g/mol. The quantitative estimate of drug-likeness (QED) is 0.299. The minimum atomic E-state index is -0.653. The average molecular weight is 431 g/mol. The summed E-state index contributed by atoms with van der Waals surface area (Å²) in [7, 11) is 0. The zero-order chi connectivity index (χ0) is 20.8. The van der Waals surface area contributed by atoms with Crippen LogP contribution in [0.5, 0.6) is 17.2 Å². The molecule has 0 saturated heterocycles. The largest absolute Gasteiger partial charge is 0.508 e. The summed E-state index contributed by atoms with van der Waals surface area (Å²) in [6.45, 7) is 0.268. The first-order valence-electron chi connectivity index (χ1n) is 8.44. The first-order valence-corrected chi connectivity index (χ1v) is 9.20. The van der Waals surface area contributed by atoms with Crippen molar-refractivity contribution in [2.75, 3.05) is 0 Å². The van der Waals surface area contributed by atoms with Gasteiger partial charge in [-0.15, -0.1) is 0 Å². The van der Waals surface area contributed by atoms with E-state index in [-0.39, 0.29) is 23.7 Å². The number of hydrazone groups is 1. The lowest BCUT2D eigenvalue weighted by Gasteiger charge is -2.08. The smallest absolute Gasteiger partial charge is 0.275 e. The minimum Gasteiger partial charge on any atom is -0.508 e. The normalized spacial score (nSPS) is 10.8. The third-order valence-electron chi connectivity index (χ3n) is 3.87. The second-order valence-electron chi connectivity index (χ2n) is 6.00. The summed E-state index contributed by atoms with van der Waals surface area (Å²) in [4.78, 5) is 12.0. The number of carbonyl (C=O) groups is 1. The summed E-state index contributed by atoms with van der Waals surface area (Å²) in [5.41, 5.74) is 3.69. The Hall–Kier alpha value is -3.22. The maximum absolute atomic E-state index is 12.0. The van der Waals surface area contributed by atoms with Gasteiger partial charge in [0.15, 0.2) is 0 Å². The van der Waals surface area contributed by atoms with Crippen molar-refractivity contribution >= 4 is 35.3 Å². The number of aromatic hydroxyl groups is 2. The number of nitrogens with zero attached hydrogens (tertiary/aromatic N) is 1. The minimum absolute atomic E-state index is 0.0842. The molecule has 0 aromatic heterocycles. The SMILES string of the molecule is O=C(N/N=C/c1cccc(OCc2ccc(Cl)cc2Cl)c1)c1cc(O)ccc1O. The van der Waals surface area contributed by atoms with Crippen LogP contribution in [0.3, 0.4) is 0 Å². The van der Waals surface area contributed by atoms with Gasteiger partial charge in [0.05, 0.1) is 11.8 Å². The Bertz CT molecular complexity index is 1070. The Morgan fingerprint density at radius 1 is 1.07 bits per heavy atom. The summed E-state index contributed by atoms with van der Waals surface area (Å²) in [5.74, 6) is -0.453. The van der Waals surface area contributed by atoms with Gasteiger partial charge in [0.1, 0.15) is 23.9 Å². The van der Waals surface area contributed by atoms with E-state index in [9.17, 15) is 15.0 Å². The first kappa shape index (κ1) is 20.5. The molecule has 0 bridgehead atoms. The van der Waals surface area contributed by atoms with Crippen LogP contribution in [0.4, 0.5) is 0 Å². The number of carbonyl (C=O) groups excluding carboxylic acids is 1. The molecule has 3 rings (SSSR count). The summed E-state index contributed by atoms with van der Waals surface area (Å²) < 4.78 is 5.74. The van der Waals surface area contributed by atoms with Gasteiger partial charge in [-0.2, -0.15) is 5.10 Å². The summed E-state index contributed by atoms with van der Waals surface area (Å²) in [5, 5.41) is 24.1. The van der Waals surface area contributed by atoms with E-state index in [0.717, 1.165) is 11.6 Å². The van der Waals surface area contributed by atoms with Gasteiger partial charge in [0, 0.05) is 15.6 Å². The molecule has 0 heterocycles. The van der Waals surface area contributed by atoms with E-state index in [4.69, 9.17) is 27.9 Å². The number of rotatable bonds is 6. The van der Waals surface area contributed by atoms with Crippen LogP contribution in [0.15, 0.2) is 65.8 Å². The third-order valence-corrected chi connectivity index (χ3v) is 4.46. The van der Waals surface area contributed by atoms with E-state index in [1.807, 2.05) is 0 Å². The molecule has 0 unspecified atom stereocenters. The fraction of sp³-hybridized carbons (Fsp3) is 0.0476. The number of ether oxygens (including phenoxy) is 1. The van der Waals surface area contributed by atoms with Gasteiger partial charge < -0.3 is 14.9 Å². The molecular formula is C21H16Cl2N2O4. The fourth-order valence-electron chi connectivity index (χ4n) is 2.42. The van der Waals surface area contributed by atoms with Gasteiger partial charge in [0.2, 0.25) is 0 Å². The molecule has 0 fully saturated rings. The highest BCUT2D eigenvalue weighted by Crippen LogP contribution is 2.23. The van der Waals surface area contributed by atoms with Crippen LogP contribution in [-0.4, -0.2) is 22.3 Å². The number of phenols is 2. The first-order chi connectivity index (χ1) is 13.9. The third kappa shape index (κ3) is 5.63. The van der Waals surface area contributed by atoms with Crippen molar-refractivity contribution in [2.45, 2.75) is 6.61 Å². The molecule has 3 N–H and O–H groups in total.